The predicted molar refractivity (Wildman–Crippen MR) is 99.4 cm³/mol. The van der Waals surface area contributed by atoms with Crippen molar-refractivity contribution in [3.8, 4) is 16.3 Å². The molecule has 0 fully saturated rings. The SMILES string of the molecule is COc1cccc(-c2nc(CCNS(=O)(=O)c3ccccc3)cs2)c1. The van der Waals surface area contributed by atoms with Gasteiger partial charge < -0.3 is 4.74 Å². The number of nitrogens with one attached hydrogen (secondary N) is 1. The lowest BCUT2D eigenvalue weighted by Crippen LogP contribution is -2.26. The zero-order chi connectivity index (χ0) is 17.7. The first-order valence-electron chi connectivity index (χ1n) is 7.72. The van der Waals surface area contributed by atoms with Crippen molar-refractivity contribution in [2.24, 2.45) is 0 Å². The number of aromatic nitrogens is 1. The van der Waals surface area contributed by atoms with Gasteiger partial charge in [-0.3, -0.25) is 0 Å². The molecular formula is C18H18N2O3S2. The summed E-state index contributed by atoms with van der Waals surface area (Å²) in [5.41, 5.74) is 1.85. The molecule has 1 aromatic heterocycles. The minimum Gasteiger partial charge on any atom is -0.497 e. The molecule has 5 nitrogen and oxygen atoms in total. The van der Waals surface area contributed by atoms with Gasteiger partial charge in [0.1, 0.15) is 10.8 Å². The molecule has 1 N–H and O–H groups in total. The number of sulfonamides is 1. The molecule has 0 spiro atoms. The molecule has 0 bridgehead atoms. The molecule has 0 radical (unpaired) electrons. The summed E-state index contributed by atoms with van der Waals surface area (Å²) in [6.45, 7) is 0.304. The van der Waals surface area contributed by atoms with E-state index >= 15 is 0 Å². The zero-order valence-corrected chi connectivity index (χ0v) is 15.3. The fourth-order valence-corrected chi connectivity index (χ4v) is 4.21. The van der Waals surface area contributed by atoms with Crippen molar-refractivity contribution in [3.05, 3.63) is 65.7 Å². The summed E-state index contributed by atoms with van der Waals surface area (Å²) in [5.74, 6) is 0.782. The topological polar surface area (TPSA) is 68.3 Å². The number of ether oxygens (including phenoxy) is 1. The smallest absolute Gasteiger partial charge is 0.240 e. The molecule has 2 aromatic carbocycles. The molecule has 0 aliphatic carbocycles. The van der Waals surface area contributed by atoms with Gasteiger partial charge in [-0.15, -0.1) is 11.3 Å². The number of nitrogens with zero attached hydrogens (tertiary/aromatic N) is 1. The highest BCUT2D eigenvalue weighted by molar-refractivity contribution is 7.89. The largest absolute Gasteiger partial charge is 0.497 e. The Morgan fingerprint density at radius 3 is 2.68 bits per heavy atom. The lowest BCUT2D eigenvalue weighted by Gasteiger charge is -2.05. The molecule has 7 heteroatoms. The van der Waals surface area contributed by atoms with Crippen LogP contribution in [0, 0.1) is 0 Å². The fraction of sp³-hybridized carbons (Fsp3) is 0.167. The maximum absolute atomic E-state index is 12.2. The number of hydrogen-bond donors (Lipinski definition) is 1. The fourth-order valence-electron chi connectivity index (χ4n) is 2.31. The summed E-state index contributed by atoms with van der Waals surface area (Å²) in [4.78, 5) is 4.85. The maximum atomic E-state index is 12.2. The van der Waals surface area contributed by atoms with E-state index in [2.05, 4.69) is 9.71 Å². The third kappa shape index (κ3) is 4.45. The van der Waals surface area contributed by atoms with Gasteiger partial charge in [0.05, 0.1) is 17.7 Å². The predicted octanol–water partition coefficient (Wildman–Crippen LogP) is 3.34. The lowest BCUT2D eigenvalue weighted by molar-refractivity contribution is 0.415. The molecule has 0 unspecified atom stereocenters. The first-order chi connectivity index (χ1) is 12.1. The molecule has 3 rings (SSSR count). The lowest BCUT2D eigenvalue weighted by atomic mass is 10.2. The highest BCUT2D eigenvalue weighted by Gasteiger charge is 2.13. The highest BCUT2D eigenvalue weighted by atomic mass is 32.2. The first-order valence-corrected chi connectivity index (χ1v) is 10.1. The van der Waals surface area contributed by atoms with Gasteiger partial charge in [-0.2, -0.15) is 0 Å². The minimum absolute atomic E-state index is 0.269. The van der Waals surface area contributed by atoms with Crippen molar-refractivity contribution >= 4 is 21.4 Å². The molecule has 1 heterocycles. The van der Waals surface area contributed by atoms with Crippen LogP contribution in [-0.4, -0.2) is 27.1 Å². The van der Waals surface area contributed by atoms with Crippen molar-refractivity contribution in [1.82, 2.24) is 9.71 Å². The van der Waals surface area contributed by atoms with Crippen LogP contribution in [0.25, 0.3) is 10.6 Å². The Bertz CT molecular complexity index is 938. The Morgan fingerprint density at radius 2 is 1.92 bits per heavy atom. The monoisotopic (exact) mass is 374 g/mol. The van der Waals surface area contributed by atoms with Gasteiger partial charge in [0.25, 0.3) is 0 Å². The van der Waals surface area contributed by atoms with Crippen LogP contribution in [-0.2, 0) is 16.4 Å². The van der Waals surface area contributed by atoms with E-state index < -0.39 is 10.0 Å². The van der Waals surface area contributed by atoms with E-state index in [1.807, 2.05) is 29.6 Å². The third-order valence-corrected chi connectivity index (χ3v) is 6.01. The summed E-state index contributed by atoms with van der Waals surface area (Å²) in [6, 6.07) is 16.1. The van der Waals surface area contributed by atoms with E-state index in [9.17, 15) is 8.42 Å². The first kappa shape index (κ1) is 17.6. The molecule has 3 aromatic rings. The summed E-state index contributed by atoms with van der Waals surface area (Å²) < 4.78 is 32.2. The van der Waals surface area contributed by atoms with Crippen LogP contribution in [0.15, 0.2) is 64.9 Å². The Morgan fingerprint density at radius 1 is 1.12 bits per heavy atom. The Kier molecular flexibility index (Phi) is 5.47. The van der Waals surface area contributed by atoms with Crippen molar-refractivity contribution in [2.75, 3.05) is 13.7 Å². The van der Waals surface area contributed by atoms with Gasteiger partial charge in [-0.05, 0) is 24.3 Å². The number of thiazole rings is 1. The molecule has 0 aliphatic rings. The second-order valence-electron chi connectivity index (χ2n) is 5.34. The minimum atomic E-state index is -3.48. The summed E-state index contributed by atoms with van der Waals surface area (Å²) >= 11 is 1.53. The van der Waals surface area contributed by atoms with E-state index in [1.165, 1.54) is 11.3 Å². The van der Waals surface area contributed by atoms with Gasteiger partial charge in [0.2, 0.25) is 10.0 Å². The van der Waals surface area contributed by atoms with Crippen molar-refractivity contribution in [1.29, 1.82) is 0 Å². The standard InChI is InChI=1S/C18H18N2O3S2/c1-23-16-7-5-6-14(12-16)18-20-15(13-24-18)10-11-19-25(21,22)17-8-3-2-4-9-17/h2-9,12-13,19H,10-11H2,1H3. The molecule has 0 amide bonds. The Balaban J connectivity index is 1.62. The molecular weight excluding hydrogens is 356 g/mol. The molecule has 0 atom stereocenters. The maximum Gasteiger partial charge on any atom is 0.240 e. The molecule has 25 heavy (non-hydrogen) atoms. The zero-order valence-electron chi connectivity index (χ0n) is 13.7. The van der Waals surface area contributed by atoms with Crippen LogP contribution in [0.4, 0.5) is 0 Å². The molecule has 0 saturated carbocycles. The van der Waals surface area contributed by atoms with Gasteiger partial charge >= 0.3 is 0 Å². The van der Waals surface area contributed by atoms with Crippen LogP contribution in [0.1, 0.15) is 5.69 Å². The van der Waals surface area contributed by atoms with Crippen LogP contribution in [0.3, 0.4) is 0 Å². The van der Waals surface area contributed by atoms with Gasteiger partial charge in [0.15, 0.2) is 0 Å². The normalized spacial score (nSPS) is 11.4. The summed E-state index contributed by atoms with van der Waals surface area (Å²) in [6.07, 6.45) is 0.534. The van der Waals surface area contributed by atoms with Crippen LogP contribution >= 0.6 is 11.3 Å². The molecule has 0 saturated heterocycles. The average molecular weight is 374 g/mol. The third-order valence-electron chi connectivity index (χ3n) is 3.60. The molecule has 0 aliphatic heterocycles. The summed E-state index contributed by atoms with van der Waals surface area (Å²) in [5, 5.41) is 2.84. The van der Waals surface area contributed by atoms with Crippen LogP contribution in [0.5, 0.6) is 5.75 Å². The van der Waals surface area contributed by atoms with Crippen molar-refractivity contribution < 1.29 is 13.2 Å². The van der Waals surface area contributed by atoms with Crippen molar-refractivity contribution in [3.63, 3.8) is 0 Å². The van der Waals surface area contributed by atoms with E-state index in [0.29, 0.717) is 13.0 Å². The van der Waals surface area contributed by atoms with E-state index in [-0.39, 0.29) is 4.90 Å². The van der Waals surface area contributed by atoms with Gasteiger partial charge in [-0.25, -0.2) is 18.1 Å². The van der Waals surface area contributed by atoms with Gasteiger partial charge in [0, 0.05) is 23.9 Å². The highest BCUT2D eigenvalue weighted by Crippen LogP contribution is 2.26. The summed E-state index contributed by atoms with van der Waals surface area (Å²) in [7, 11) is -1.85. The van der Waals surface area contributed by atoms with Gasteiger partial charge in [-0.1, -0.05) is 30.3 Å². The van der Waals surface area contributed by atoms with E-state index in [1.54, 1.807) is 37.4 Å². The number of methoxy groups -OCH3 is 1. The van der Waals surface area contributed by atoms with Crippen LogP contribution in [0.2, 0.25) is 0 Å². The second kappa shape index (κ2) is 7.77. The second-order valence-corrected chi connectivity index (χ2v) is 7.96. The molecule has 130 valence electrons. The Labute approximate surface area is 151 Å². The average Bonchev–Trinajstić information content (AvgIpc) is 3.11. The van der Waals surface area contributed by atoms with Crippen LogP contribution < -0.4 is 9.46 Å². The number of benzene rings is 2. The van der Waals surface area contributed by atoms with E-state index in [4.69, 9.17) is 4.74 Å². The quantitative estimate of drug-likeness (QED) is 0.689. The van der Waals surface area contributed by atoms with E-state index in [0.717, 1.165) is 22.0 Å². The number of hydrogen-bond acceptors (Lipinski definition) is 5. The Hall–Kier alpha value is -2.22. The van der Waals surface area contributed by atoms with Crippen molar-refractivity contribution in [2.45, 2.75) is 11.3 Å². The number of rotatable bonds is 7.